The molecule has 0 radical (unpaired) electrons. The second-order valence-electron chi connectivity index (χ2n) is 3.31. The Bertz CT molecular complexity index is 511. The summed E-state index contributed by atoms with van der Waals surface area (Å²) in [5, 5.41) is 11.5. The highest BCUT2D eigenvalue weighted by atomic mass is 79.9. The van der Waals surface area contributed by atoms with Gasteiger partial charge in [0.15, 0.2) is 0 Å². The summed E-state index contributed by atoms with van der Waals surface area (Å²) in [4.78, 5) is 4.50. The number of halogens is 1. The average Bonchev–Trinajstić information content (AvgIpc) is 2.76. The summed E-state index contributed by atoms with van der Waals surface area (Å²) < 4.78 is 1.07. The van der Waals surface area contributed by atoms with E-state index < -0.39 is 0 Å². The van der Waals surface area contributed by atoms with Crippen molar-refractivity contribution in [2.75, 3.05) is 0 Å². The van der Waals surface area contributed by atoms with Crippen molar-refractivity contribution in [1.82, 2.24) is 4.98 Å². The van der Waals surface area contributed by atoms with Crippen molar-refractivity contribution in [3.05, 3.63) is 39.8 Å². The van der Waals surface area contributed by atoms with Crippen LogP contribution in [0.3, 0.4) is 0 Å². The zero-order valence-electron chi connectivity index (χ0n) is 8.48. The molecule has 0 amide bonds. The molecule has 0 atom stereocenters. The Morgan fingerprint density at radius 2 is 2.06 bits per heavy atom. The van der Waals surface area contributed by atoms with Crippen LogP contribution >= 0.6 is 27.3 Å². The first-order valence-corrected chi connectivity index (χ1v) is 6.54. The van der Waals surface area contributed by atoms with Crippen LogP contribution in [0.4, 0.5) is 0 Å². The predicted molar refractivity (Wildman–Crippen MR) is 69.2 cm³/mol. The topological polar surface area (TPSA) is 36.7 Å². The third-order valence-corrected chi connectivity index (χ3v) is 3.60. The number of nitriles is 1. The third-order valence-electron chi connectivity index (χ3n) is 2.14. The van der Waals surface area contributed by atoms with Gasteiger partial charge in [-0.15, -0.1) is 11.3 Å². The Morgan fingerprint density at radius 1 is 1.31 bits per heavy atom. The van der Waals surface area contributed by atoms with Crippen molar-refractivity contribution in [3.63, 3.8) is 0 Å². The summed E-state index contributed by atoms with van der Waals surface area (Å²) in [6, 6.07) is 10.2. The zero-order valence-corrected chi connectivity index (χ0v) is 10.9. The van der Waals surface area contributed by atoms with Crippen LogP contribution in [0.1, 0.15) is 12.1 Å². The zero-order chi connectivity index (χ0) is 11.4. The molecule has 0 aliphatic heterocycles. The molecule has 0 N–H and O–H groups in total. The monoisotopic (exact) mass is 292 g/mol. The molecule has 0 bridgehead atoms. The van der Waals surface area contributed by atoms with Crippen LogP contribution in [-0.4, -0.2) is 4.98 Å². The van der Waals surface area contributed by atoms with E-state index in [9.17, 15) is 0 Å². The van der Waals surface area contributed by atoms with Crippen LogP contribution in [0, 0.1) is 11.3 Å². The van der Waals surface area contributed by atoms with E-state index in [1.165, 1.54) is 0 Å². The van der Waals surface area contributed by atoms with E-state index in [0.29, 0.717) is 6.42 Å². The van der Waals surface area contributed by atoms with E-state index in [1.54, 1.807) is 11.3 Å². The molecule has 0 unspecified atom stereocenters. The molecule has 4 heteroatoms. The van der Waals surface area contributed by atoms with Gasteiger partial charge in [-0.25, -0.2) is 4.98 Å². The van der Waals surface area contributed by atoms with Crippen LogP contribution in [0.2, 0.25) is 0 Å². The molecule has 0 saturated heterocycles. The fourth-order valence-electron chi connectivity index (χ4n) is 1.33. The molecular formula is C12H9BrN2S. The fraction of sp³-hybridized carbons (Fsp3) is 0.167. The highest BCUT2D eigenvalue weighted by Gasteiger charge is 2.04. The van der Waals surface area contributed by atoms with Gasteiger partial charge in [0.1, 0.15) is 5.01 Å². The molecule has 16 heavy (non-hydrogen) atoms. The summed E-state index contributed by atoms with van der Waals surface area (Å²) in [6.07, 6.45) is 1.27. The van der Waals surface area contributed by atoms with E-state index in [4.69, 9.17) is 5.26 Å². The summed E-state index contributed by atoms with van der Waals surface area (Å²) >= 11 is 5.03. The molecule has 0 fully saturated rings. The average molecular weight is 293 g/mol. The molecule has 1 heterocycles. The summed E-state index contributed by atoms with van der Waals surface area (Å²) in [5.74, 6) is 0. The number of hydrogen-bond donors (Lipinski definition) is 0. The van der Waals surface area contributed by atoms with Crippen molar-refractivity contribution in [2.45, 2.75) is 12.8 Å². The standard InChI is InChI=1S/C12H9BrN2S/c13-10-5-3-9(4-6-10)12-15-11(8-16-12)2-1-7-14/h3-6,8H,1-2H2. The highest BCUT2D eigenvalue weighted by Crippen LogP contribution is 2.25. The molecule has 80 valence electrons. The molecule has 0 aliphatic carbocycles. The number of hydrogen-bond acceptors (Lipinski definition) is 3. The van der Waals surface area contributed by atoms with E-state index in [0.717, 1.165) is 27.2 Å². The summed E-state index contributed by atoms with van der Waals surface area (Å²) in [5.41, 5.74) is 2.13. The first kappa shape index (κ1) is 11.3. The van der Waals surface area contributed by atoms with E-state index >= 15 is 0 Å². The first-order chi connectivity index (χ1) is 7.79. The van der Waals surface area contributed by atoms with Crippen molar-refractivity contribution < 1.29 is 0 Å². The van der Waals surface area contributed by atoms with Crippen molar-refractivity contribution >= 4 is 27.3 Å². The Balaban J connectivity index is 2.18. The van der Waals surface area contributed by atoms with Gasteiger partial charge in [-0.1, -0.05) is 28.1 Å². The van der Waals surface area contributed by atoms with Crippen molar-refractivity contribution in [1.29, 1.82) is 5.26 Å². The number of nitrogens with zero attached hydrogens (tertiary/aromatic N) is 2. The lowest BCUT2D eigenvalue weighted by molar-refractivity contribution is 0.969. The van der Waals surface area contributed by atoms with Crippen LogP contribution in [-0.2, 0) is 6.42 Å². The lowest BCUT2D eigenvalue weighted by Gasteiger charge is -1.95. The minimum atomic E-state index is 0.531. The molecule has 2 nitrogen and oxygen atoms in total. The number of thiazole rings is 1. The lowest BCUT2D eigenvalue weighted by atomic mass is 10.2. The second-order valence-corrected chi connectivity index (χ2v) is 5.08. The molecule has 2 rings (SSSR count). The van der Waals surface area contributed by atoms with E-state index in [-0.39, 0.29) is 0 Å². The molecular weight excluding hydrogens is 284 g/mol. The van der Waals surface area contributed by atoms with Gasteiger partial charge >= 0.3 is 0 Å². The van der Waals surface area contributed by atoms with Crippen LogP contribution < -0.4 is 0 Å². The Kier molecular flexibility index (Phi) is 3.70. The van der Waals surface area contributed by atoms with Gasteiger partial charge < -0.3 is 0 Å². The van der Waals surface area contributed by atoms with Crippen molar-refractivity contribution in [3.8, 4) is 16.6 Å². The Labute approximate surface area is 107 Å². The van der Waals surface area contributed by atoms with E-state index in [2.05, 4.69) is 27.0 Å². The van der Waals surface area contributed by atoms with Gasteiger partial charge in [0.2, 0.25) is 0 Å². The minimum Gasteiger partial charge on any atom is -0.241 e. The molecule has 0 aliphatic rings. The molecule has 2 aromatic rings. The van der Waals surface area contributed by atoms with Gasteiger partial charge in [0.25, 0.3) is 0 Å². The minimum absolute atomic E-state index is 0.531. The summed E-state index contributed by atoms with van der Waals surface area (Å²) in [6.45, 7) is 0. The van der Waals surface area contributed by atoms with Gasteiger partial charge in [0, 0.05) is 28.3 Å². The normalized spacial score (nSPS) is 10.0. The third kappa shape index (κ3) is 2.69. The molecule has 1 aromatic heterocycles. The molecule has 0 saturated carbocycles. The van der Waals surface area contributed by atoms with E-state index in [1.807, 2.05) is 29.6 Å². The molecule has 0 spiro atoms. The predicted octanol–water partition coefficient (Wildman–Crippen LogP) is 4.03. The fourth-order valence-corrected chi connectivity index (χ4v) is 2.46. The second kappa shape index (κ2) is 5.24. The smallest absolute Gasteiger partial charge is 0.123 e. The van der Waals surface area contributed by atoms with Gasteiger partial charge in [-0.3, -0.25) is 0 Å². The Hall–Kier alpha value is -1.18. The maximum atomic E-state index is 8.50. The first-order valence-electron chi connectivity index (χ1n) is 4.87. The maximum Gasteiger partial charge on any atom is 0.123 e. The van der Waals surface area contributed by atoms with Gasteiger partial charge in [-0.2, -0.15) is 5.26 Å². The quantitative estimate of drug-likeness (QED) is 0.856. The molecule has 1 aromatic carbocycles. The maximum absolute atomic E-state index is 8.50. The lowest BCUT2D eigenvalue weighted by Crippen LogP contribution is -1.83. The van der Waals surface area contributed by atoms with Crippen molar-refractivity contribution in [2.24, 2.45) is 0 Å². The SMILES string of the molecule is N#CCCc1csc(-c2ccc(Br)cc2)n1. The number of rotatable bonds is 3. The summed E-state index contributed by atoms with van der Waals surface area (Å²) in [7, 11) is 0. The number of benzene rings is 1. The largest absolute Gasteiger partial charge is 0.241 e. The van der Waals surface area contributed by atoms with Crippen LogP contribution in [0.15, 0.2) is 34.1 Å². The Morgan fingerprint density at radius 3 is 2.75 bits per heavy atom. The number of aryl methyl sites for hydroxylation is 1. The number of aromatic nitrogens is 1. The highest BCUT2D eigenvalue weighted by molar-refractivity contribution is 9.10. The van der Waals surface area contributed by atoms with Gasteiger partial charge in [0.05, 0.1) is 11.8 Å². The van der Waals surface area contributed by atoms with Gasteiger partial charge in [-0.05, 0) is 12.1 Å². The van der Waals surface area contributed by atoms with Crippen LogP contribution in [0.25, 0.3) is 10.6 Å². The van der Waals surface area contributed by atoms with Crippen LogP contribution in [0.5, 0.6) is 0 Å².